The number of alkyl carbamates (subject to hydrolysis) is 1. The number of ether oxygens (including phenoxy) is 9. The Morgan fingerprint density at radius 2 is 1.60 bits per heavy atom. The third-order valence-corrected chi connectivity index (χ3v) is 5.85. The predicted octanol–water partition coefficient (Wildman–Crippen LogP) is -1.05. The fraction of sp³-hybridized carbons (Fsp3) is 0.750. The maximum atomic E-state index is 13.2. The van der Waals surface area contributed by atoms with Gasteiger partial charge in [0.2, 0.25) is 0 Å². The molecule has 0 aromatic heterocycles. The third-order valence-electron chi connectivity index (χ3n) is 5.85. The molecule has 0 saturated carbocycles. The SMILES string of the molecule is C#CCOCCOCCO[C@@]1(C(=O)OC)O[C@@H]([C@H](OC(C)=O)[C@@H](COC(C)=O)OC(C)=O)[C@H](NC(=O)OC(C)(C)C)[C@@H](N)[C@@H]1O. The van der Waals surface area contributed by atoms with E-state index in [1.165, 1.54) is 0 Å². The van der Waals surface area contributed by atoms with Gasteiger partial charge in [0.05, 0.1) is 45.6 Å². The molecule has 0 aromatic rings. The van der Waals surface area contributed by atoms with Gasteiger partial charge in [-0.3, -0.25) is 14.4 Å². The van der Waals surface area contributed by atoms with E-state index in [4.69, 9.17) is 54.8 Å². The van der Waals surface area contributed by atoms with Crippen molar-refractivity contribution in [2.75, 3.05) is 46.8 Å². The van der Waals surface area contributed by atoms with Crippen LogP contribution >= 0.6 is 0 Å². The number of esters is 4. The summed E-state index contributed by atoms with van der Waals surface area (Å²) < 4.78 is 48.2. The number of amides is 1. The maximum absolute atomic E-state index is 13.2. The molecule has 0 aromatic carbocycles. The van der Waals surface area contributed by atoms with Crippen molar-refractivity contribution in [2.45, 2.75) is 89.4 Å². The molecule has 1 heterocycles. The number of carbonyl (C=O) groups is 5. The van der Waals surface area contributed by atoms with E-state index in [0.29, 0.717) is 0 Å². The molecule has 0 aliphatic carbocycles. The summed E-state index contributed by atoms with van der Waals surface area (Å²) in [4.78, 5) is 62.1. The van der Waals surface area contributed by atoms with Gasteiger partial charge in [0.15, 0.2) is 12.2 Å². The number of aliphatic hydroxyl groups is 1. The molecule has 0 unspecified atom stereocenters. The second-order valence-corrected chi connectivity index (χ2v) is 10.7. The minimum Gasteiger partial charge on any atom is -0.465 e. The molecule has 1 fully saturated rings. The van der Waals surface area contributed by atoms with Crippen LogP contribution in [0.3, 0.4) is 0 Å². The normalized spacial score (nSPS) is 24.3. The lowest BCUT2D eigenvalue weighted by Crippen LogP contribution is -2.77. The van der Waals surface area contributed by atoms with Crippen molar-refractivity contribution in [3.05, 3.63) is 0 Å². The van der Waals surface area contributed by atoms with Crippen LogP contribution in [-0.2, 0) is 61.8 Å². The highest BCUT2D eigenvalue weighted by atomic mass is 16.8. The van der Waals surface area contributed by atoms with Crippen LogP contribution in [0.5, 0.6) is 0 Å². The second kappa shape index (κ2) is 18.4. The summed E-state index contributed by atoms with van der Waals surface area (Å²) >= 11 is 0. The average molecular weight is 649 g/mol. The highest BCUT2D eigenvalue weighted by Crippen LogP contribution is 2.35. The van der Waals surface area contributed by atoms with Crippen LogP contribution in [0.4, 0.5) is 4.79 Å². The van der Waals surface area contributed by atoms with Crippen LogP contribution in [0.2, 0.25) is 0 Å². The first-order valence-electron chi connectivity index (χ1n) is 13.9. The first-order chi connectivity index (χ1) is 21.0. The zero-order chi connectivity index (χ0) is 34.4. The van der Waals surface area contributed by atoms with Crippen molar-refractivity contribution in [2.24, 2.45) is 5.73 Å². The van der Waals surface area contributed by atoms with Crippen LogP contribution in [0.25, 0.3) is 0 Å². The third kappa shape index (κ3) is 12.8. The lowest BCUT2D eigenvalue weighted by Gasteiger charge is -2.50. The van der Waals surface area contributed by atoms with E-state index in [2.05, 4.69) is 11.2 Å². The summed E-state index contributed by atoms with van der Waals surface area (Å²) in [6.45, 7) is 7.12. The number of rotatable bonds is 16. The zero-order valence-electron chi connectivity index (χ0n) is 26.5. The van der Waals surface area contributed by atoms with E-state index in [1.54, 1.807) is 20.8 Å². The van der Waals surface area contributed by atoms with Crippen molar-refractivity contribution in [3.8, 4) is 12.3 Å². The lowest BCUT2D eigenvalue weighted by molar-refractivity contribution is -0.335. The quantitative estimate of drug-likeness (QED) is 0.0785. The number of terminal acetylenes is 1. The van der Waals surface area contributed by atoms with Crippen LogP contribution in [0.15, 0.2) is 0 Å². The van der Waals surface area contributed by atoms with Crippen LogP contribution in [0, 0.1) is 12.3 Å². The van der Waals surface area contributed by atoms with E-state index < -0.39 is 84.5 Å². The van der Waals surface area contributed by atoms with Gasteiger partial charge in [-0.2, -0.15) is 0 Å². The number of methoxy groups -OCH3 is 1. The minimum absolute atomic E-state index is 0.0818. The number of hydrogen-bond acceptors (Lipinski definition) is 16. The van der Waals surface area contributed by atoms with E-state index in [-0.39, 0.29) is 33.0 Å². The van der Waals surface area contributed by atoms with Gasteiger partial charge in [-0.25, -0.2) is 9.59 Å². The Morgan fingerprint density at radius 3 is 2.13 bits per heavy atom. The number of nitrogens with two attached hydrogens (primary N) is 1. The second-order valence-electron chi connectivity index (χ2n) is 10.7. The number of aliphatic hydroxyl groups excluding tert-OH is 1. The van der Waals surface area contributed by atoms with Gasteiger partial charge in [0.25, 0.3) is 5.79 Å². The highest BCUT2D eigenvalue weighted by molar-refractivity contribution is 5.79. The van der Waals surface area contributed by atoms with E-state index in [0.717, 1.165) is 27.9 Å². The van der Waals surface area contributed by atoms with Crippen molar-refractivity contribution >= 4 is 30.0 Å². The zero-order valence-corrected chi connectivity index (χ0v) is 26.5. The van der Waals surface area contributed by atoms with Crippen molar-refractivity contribution in [1.82, 2.24) is 5.32 Å². The monoisotopic (exact) mass is 648 g/mol. The molecule has 45 heavy (non-hydrogen) atoms. The molecule has 1 rings (SSSR count). The van der Waals surface area contributed by atoms with Gasteiger partial charge in [-0.15, -0.1) is 6.42 Å². The molecular weight excluding hydrogens is 604 g/mol. The van der Waals surface area contributed by atoms with Crippen molar-refractivity contribution in [3.63, 3.8) is 0 Å². The van der Waals surface area contributed by atoms with E-state index >= 15 is 0 Å². The topological polar surface area (TPSA) is 227 Å². The smallest absolute Gasteiger partial charge is 0.408 e. The molecule has 0 spiro atoms. The van der Waals surface area contributed by atoms with Gasteiger partial charge in [-0.05, 0) is 20.8 Å². The number of nitrogens with one attached hydrogen (secondary N) is 1. The Bertz CT molecular complexity index is 1060. The summed E-state index contributed by atoms with van der Waals surface area (Å²) in [7, 11) is 0.986. The van der Waals surface area contributed by atoms with Gasteiger partial charge in [-0.1, -0.05) is 5.92 Å². The van der Waals surface area contributed by atoms with Crippen LogP contribution in [0.1, 0.15) is 41.5 Å². The van der Waals surface area contributed by atoms with Crippen molar-refractivity contribution < 1.29 is 71.7 Å². The van der Waals surface area contributed by atoms with Crippen molar-refractivity contribution in [1.29, 1.82) is 0 Å². The molecule has 1 aliphatic rings. The number of hydrogen-bond donors (Lipinski definition) is 3. The lowest BCUT2D eigenvalue weighted by atomic mass is 9.85. The molecule has 7 atom stereocenters. The first kappa shape index (κ1) is 39.5. The molecular formula is C28H44N2O15. The Morgan fingerprint density at radius 1 is 1.00 bits per heavy atom. The van der Waals surface area contributed by atoms with Gasteiger partial charge >= 0.3 is 30.0 Å². The standard InChI is InChI=1S/C28H44N2O15/c1-9-10-38-11-12-39-13-14-41-28(25(35)37-8)24(34)20(29)21(30-26(36)45-27(5,6)7)23(44-28)22(43-18(4)33)19(42-17(3)32)15-40-16(2)31/h1,19-24,34H,10-15,29H2,2-8H3,(H,30,36)/t19-,20-,21-,22-,23-,24+,28-/m1/s1. The molecule has 0 radical (unpaired) electrons. The summed E-state index contributed by atoms with van der Waals surface area (Å²) in [5.74, 6) is -4.21. The molecule has 0 bridgehead atoms. The summed E-state index contributed by atoms with van der Waals surface area (Å²) in [6, 6.07) is -3.10. The first-order valence-corrected chi connectivity index (χ1v) is 13.9. The minimum atomic E-state index is -2.69. The Balaban J connectivity index is 3.61. The average Bonchev–Trinajstić information content (AvgIpc) is 2.93. The summed E-state index contributed by atoms with van der Waals surface area (Å²) in [5, 5.41) is 13.8. The fourth-order valence-electron chi connectivity index (χ4n) is 4.15. The van der Waals surface area contributed by atoms with Crippen LogP contribution in [-0.4, -0.2) is 130 Å². The van der Waals surface area contributed by atoms with Crippen LogP contribution < -0.4 is 11.1 Å². The Kier molecular flexibility index (Phi) is 16.2. The molecule has 4 N–H and O–H groups in total. The van der Waals surface area contributed by atoms with Gasteiger partial charge in [0, 0.05) is 20.8 Å². The predicted molar refractivity (Wildman–Crippen MR) is 151 cm³/mol. The van der Waals surface area contributed by atoms with Gasteiger partial charge < -0.3 is 58.8 Å². The maximum Gasteiger partial charge on any atom is 0.408 e. The molecule has 1 saturated heterocycles. The molecule has 17 heteroatoms. The largest absolute Gasteiger partial charge is 0.465 e. The summed E-state index contributed by atoms with van der Waals surface area (Å²) in [6.07, 6.45) is -2.93. The number of carbonyl (C=O) groups excluding carboxylic acids is 5. The van der Waals surface area contributed by atoms with Gasteiger partial charge in [0.1, 0.15) is 31.0 Å². The van der Waals surface area contributed by atoms with E-state index in [9.17, 15) is 29.1 Å². The molecule has 1 amide bonds. The molecule has 17 nitrogen and oxygen atoms in total. The molecule has 1 aliphatic heterocycles. The summed E-state index contributed by atoms with van der Waals surface area (Å²) in [5.41, 5.74) is 5.42. The Labute approximate surface area is 261 Å². The molecule has 256 valence electrons. The Hall–Kier alpha value is -3.53. The highest BCUT2D eigenvalue weighted by Gasteiger charge is 2.63. The van der Waals surface area contributed by atoms with E-state index in [1.807, 2.05) is 0 Å². The fourth-order valence-corrected chi connectivity index (χ4v) is 4.15.